The number of quaternary nitrogens is 2. The Balaban J connectivity index is 3.67. The first kappa shape index (κ1) is 44.0. The molecule has 0 aliphatic heterocycles. The monoisotopic (exact) mass is 685 g/mol. The summed E-state index contributed by atoms with van der Waals surface area (Å²) in [6, 6.07) is 0. The van der Waals surface area contributed by atoms with E-state index in [0.29, 0.717) is 0 Å². The summed E-state index contributed by atoms with van der Waals surface area (Å²) in [6.07, 6.45) is 30.8. The van der Waals surface area contributed by atoms with E-state index in [1.54, 1.807) is 0 Å². The third kappa shape index (κ3) is 11.0. The van der Waals surface area contributed by atoms with Crippen LogP contribution >= 0.6 is 23.2 Å². The van der Waals surface area contributed by atoms with Crippen LogP contribution in [0, 0.1) is 0 Å². The molecule has 0 amide bonds. The molecule has 1 aliphatic rings. The van der Waals surface area contributed by atoms with E-state index in [-0.39, 0.29) is 11.1 Å². The van der Waals surface area contributed by atoms with Gasteiger partial charge in [0.05, 0.1) is 19.0 Å². The van der Waals surface area contributed by atoms with E-state index in [0.717, 1.165) is 12.8 Å². The zero-order chi connectivity index (χ0) is 34.7. The van der Waals surface area contributed by atoms with Gasteiger partial charge in [-0.1, -0.05) is 130 Å². The highest BCUT2D eigenvalue weighted by molar-refractivity contribution is 6.38. The molecule has 0 saturated heterocycles. The maximum atomic E-state index is 8.32. The molecular formula is C42H82Cl2N2+2. The number of nitrogens with two attached hydrogens (primary N) is 2. The van der Waals surface area contributed by atoms with Crippen LogP contribution < -0.4 is 10.6 Å². The largest absolute Gasteiger partial charge is 0.342 e. The summed E-state index contributed by atoms with van der Waals surface area (Å²) < 4.78 is 0. The molecule has 1 aliphatic carbocycles. The molecule has 4 heteroatoms. The van der Waals surface area contributed by atoms with Gasteiger partial charge in [0, 0.05) is 31.3 Å². The molecule has 1 rings (SSSR count). The number of likely N-dealkylation sites (N-methyl/N-ethyl adjacent to an activating group) is 1. The molecule has 0 bridgehead atoms. The van der Waals surface area contributed by atoms with Gasteiger partial charge in [-0.25, -0.2) is 0 Å². The summed E-state index contributed by atoms with van der Waals surface area (Å²) in [4.78, 5) is -1.31. The Morgan fingerprint density at radius 3 is 1.22 bits per heavy atom. The first-order chi connectivity index (χ1) is 22.0. The summed E-state index contributed by atoms with van der Waals surface area (Å²) in [6.45, 7) is 18.7. The van der Waals surface area contributed by atoms with Gasteiger partial charge in [-0.2, -0.15) is 0 Å². The fraction of sp³-hybridized carbons (Fsp3) is 0.905. The molecule has 4 N–H and O–H groups in total. The van der Waals surface area contributed by atoms with Crippen molar-refractivity contribution in [3.8, 4) is 0 Å². The lowest BCUT2D eigenvalue weighted by atomic mass is 9.58. The molecule has 46 heavy (non-hydrogen) atoms. The van der Waals surface area contributed by atoms with Crippen molar-refractivity contribution >= 4 is 23.2 Å². The molecule has 0 aromatic carbocycles. The van der Waals surface area contributed by atoms with Gasteiger partial charge in [-0.3, -0.25) is 0 Å². The van der Waals surface area contributed by atoms with Crippen molar-refractivity contribution < 1.29 is 10.6 Å². The van der Waals surface area contributed by atoms with E-state index < -0.39 is 9.75 Å². The number of hydrogen-bond donors (Lipinski definition) is 2. The van der Waals surface area contributed by atoms with Gasteiger partial charge in [-0.05, 0) is 70.1 Å². The van der Waals surface area contributed by atoms with Gasteiger partial charge in [0.15, 0.2) is 0 Å². The Morgan fingerprint density at radius 1 is 0.500 bits per heavy atom. The molecule has 0 aromatic heterocycles. The molecule has 0 heterocycles. The second-order valence-corrected chi connectivity index (χ2v) is 16.8. The van der Waals surface area contributed by atoms with Gasteiger partial charge in [0.2, 0.25) is 0 Å². The normalized spacial score (nSPS) is 23.2. The summed E-state index contributed by atoms with van der Waals surface area (Å²) in [5.41, 5.74) is 5.57. The van der Waals surface area contributed by atoms with Crippen LogP contribution in [-0.2, 0) is 0 Å². The van der Waals surface area contributed by atoms with E-state index in [9.17, 15) is 0 Å². The minimum absolute atomic E-state index is 0.0568. The second kappa shape index (κ2) is 22.6. The highest BCUT2D eigenvalue weighted by Gasteiger charge is 2.66. The van der Waals surface area contributed by atoms with Crippen LogP contribution in [0.2, 0.25) is 0 Å². The van der Waals surface area contributed by atoms with E-state index >= 15 is 0 Å². The smallest absolute Gasteiger partial charge is 0.142 e. The Kier molecular flexibility index (Phi) is 21.7. The van der Waals surface area contributed by atoms with Crippen molar-refractivity contribution in [2.75, 3.05) is 14.1 Å². The van der Waals surface area contributed by atoms with E-state index in [2.05, 4.69) is 80.1 Å². The van der Waals surface area contributed by atoms with Crippen molar-refractivity contribution in [1.82, 2.24) is 0 Å². The standard InChI is InChI=1S/C42H80Cl2N2/c1-11-15-19-23-25-28-32-40(45-9,31-27-21-17-13-3)38-35(5)36(6)42(44,39(8,43)37(38)7)41(46-10,33-29-22-18-14-4)34-30-26-24-20-16-12-2/h45-46H,11-34H2,1-10H3/p+2. The topological polar surface area (TPSA) is 33.2 Å². The summed E-state index contributed by atoms with van der Waals surface area (Å²) >= 11 is 16.4. The van der Waals surface area contributed by atoms with E-state index in [1.807, 2.05) is 0 Å². The maximum absolute atomic E-state index is 8.32. The molecule has 0 aromatic rings. The Hall–Kier alpha value is -0.0200. The average Bonchev–Trinajstić information content (AvgIpc) is 3.05. The molecule has 0 saturated carbocycles. The van der Waals surface area contributed by atoms with Gasteiger partial charge in [0.1, 0.15) is 16.0 Å². The van der Waals surface area contributed by atoms with Crippen LogP contribution in [0.5, 0.6) is 0 Å². The Bertz CT molecular complexity index is 892. The van der Waals surface area contributed by atoms with Gasteiger partial charge < -0.3 is 10.6 Å². The molecule has 4 unspecified atom stereocenters. The highest BCUT2D eigenvalue weighted by Crippen LogP contribution is 2.59. The van der Waals surface area contributed by atoms with Gasteiger partial charge in [-0.15, -0.1) is 23.2 Å². The van der Waals surface area contributed by atoms with Crippen molar-refractivity contribution in [3.63, 3.8) is 0 Å². The van der Waals surface area contributed by atoms with Gasteiger partial charge >= 0.3 is 0 Å². The van der Waals surface area contributed by atoms with Crippen LogP contribution in [0.1, 0.15) is 209 Å². The molecule has 0 radical (unpaired) electrons. The molecule has 0 spiro atoms. The van der Waals surface area contributed by atoms with Crippen molar-refractivity contribution in [2.24, 2.45) is 0 Å². The van der Waals surface area contributed by atoms with Crippen LogP contribution in [0.25, 0.3) is 0 Å². The average molecular weight is 686 g/mol. The number of rotatable bonds is 28. The lowest BCUT2D eigenvalue weighted by molar-refractivity contribution is -0.711. The van der Waals surface area contributed by atoms with E-state index in [1.165, 1.54) is 164 Å². The van der Waals surface area contributed by atoms with Crippen LogP contribution in [0.4, 0.5) is 0 Å². The second-order valence-electron chi connectivity index (χ2n) is 15.5. The number of hydrogen-bond acceptors (Lipinski definition) is 0. The van der Waals surface area contributed by atoms with E-state index in [4.69, 9.17) is 23.2 Å². The van der Waals surface area contributed by atoms with Crippen molar-refractivity contribution in [1.29, 1.82) is 0 Å². The number of halogens is 2. The van der Waals surface area contributed by atoms with Crippen LogP contribution in [-0.4, -0.2) is 34.9 Å². The number of allylic oxidation sites excluding steroid dienone is 1. The zero-order valence-corrected chi connectivity index (χ0v) is 34.4. The van der Waals surface area contributed by atoms with Crippen molar-refractivity contribution in [3.05, 3.63) is 22.3 Å². The third-order valence-corrected chi connectivity index (χ3v) is 14.1. The molecule has 272 valence electrons. The van der Waals surface area contributed by atoms with Crippen LogP contribution in [0.15, 0.2) is 22.3 Å². The summed E-state index contributed by atoms with van der Waals surface area (Å²) in [5, 5.41) is 5.09. The fourth-order valence-corrected chi connectivity index (χ4v) is 10.1. The highest BCUT2D eigenvalue weighted by atomic mass is 35.5. The summed E-state index contributed by atoms with van der Waals surface area (Å²) in [5.74, 6) is 0. The SMILES string of the molecule is CCCCCCCCC(CCCCCC)([NH2+]C)C1=C(C)C(C)(Cl)C(Cl)(C(CCCCCC)(CCCCCCCC)[NH2+]C)C(C)=C1C. The number of unbranched alkanes of at least 4 members (excludes halogenated alkanes) is 16. The summed E-state index contributed by atoms with van der Waals surface area (Å²) in [7, 11) is 4.63. The predicted octanol–water partition coefficient (Wildman–Crippen LogP) is 11.9. The molecule has 4 atom stereocenters. The maximum Gasteiger partial charge on any atom is 0.142 e. The molecule has 0 fully saturated rings. The van der Waals surface area contributed by atoms with Crippen LogP contribution in [0.3, 0.4) is 0 Å². The zero-order valence-electron chi connectivity index (χ0n) is 32.9. The number of alkyl halides is 2. The minimum atomic E-state index is -0.661. The quantitative estimate of drug-likeness (QED) is 0.0607. The van der Waals surface area contributed by atoms with Gasteiger partial charge in [0.25, 0.3) is 0 Å². The molecule has 2 nitrogen and oxygen atoms in total. The minimum Gasteiger partial charge on any atom is -0.342 e. The lowest BCUT2D eigenvalue weighted by Gasteiger charge is -2.56. The predicted molar refractivity (Wildman–Crippen MR) is 209 cm³/mol. The first-order valence-electron chi connectivity index (χ1n) is 20.4. The fourth-order valence-electron chi connectivity index (χ4n) is 9.10. The third-order valence-electron chi connectivity index (χ3n) is 12.4. The Morgan fingerprint density at radius 2 is 0.848 bits per heavy atom. The first-order valence-corrected chi connectivity index (χ1v) is 21.1. The molecular weight excluding hydrogens is 603 g/mol. The Labute approximate surface area is 299 Å². The van der Waals surface area contributed by atoms with Crippen molar-refractivity contribution in [2.45, 2.75) is 230 Å². The lowest BCUT2D eigenvalue weighted by Crippen LogP contribution is -3.00.